The summed E-state index contributed by atoms with van der Waals surface area (Å²) in [5.74, 6) is 1.05. The minimum absolute atomic E-state index is 0.123. The van der Waals surface area contributed by atoms with Gasteiger partial charge in [-0.3, -0.25) is 9.78 Å². The lowest BCUT2D eigenvalue weighted by molar-refractivity contribution is 0.416. The molecule has 0 bridgehead atoms. The van der Waals surface area contributed by atoms with Gasteiger partial charge < -0.3 is 0 Å². The zero-order chi connectivity index (χ0) is 17.9. The molecule has 1 saturated carbocycles. The molecule has 1 aliphatic rings. The summed E-state index contributed by atoms with van der Waals surface area (Å²) in [4.78, 5) is 22.0. The summed E-state index contributed by atoms with van der Waals surface area (Å²) in [7, 11) is 0. The monoisotopic (exact) mass is 410 g/mol. The number of hydrogen-bond donors (Lipinski definition) is 0. The predicted octanol–water partition coefficient (Wildman–Crippen LogP) is 4.48. The van der Waals surface area contributed by atoms with E-state index in [9.17, 15) is 4.79 Å². The van der Waals surface area contributed by atoms with Crippen LogP contribution in [-0.4, -0.2) is 20.9 Å². The van der Waals surface area contributed by atoms with Crippen molar-refractivity contribution in [3.8, 4) is 0 Å². The first-order valence-corrected chi connectivity index (χ1v) is 9.68. The Morgan fingerprint density at radius 3 is 2.65 bits per heavy atom. The topological polar surface area (TPSA) is 60.1 Å². The van der Waals surface area contributed by atoms with Crippen molar-refractivity contribution in [3.63, 3.8) is 0 Å². The van der Waals surface area contributed by atoms with Crippen molar-refractivity contribution in [3.05, 3.63) is 68.9 Å². The highest BCUT2D eigenvalue weighted by molar-refractivity contribution is 9.10. The summed E-state index contributed by atoms with van der Waals surface area (Å²) < 4.78 is 2.35. The molecule has 2 aromatic heterocycles. The van der Waals surface area contributed by atoms with Gasteiger partial charge in [-0.1, -0.05) is 35.2 Å². The molecule has 132 valence electrons. The van der Waals surface area contributed by atoms with E-state index in [4.69, 9.17) is 4.98 Å². The summed E-state index contributed by atoms with van der Waals surface area (Å²) in [5.41, 5.74) is 1.51. The molecule has 1 aliphatic carbocycles. The molecule has 0 atom stereocenters. The van der Waals surface area contributed by atoms with Crippen LogP contribution >= 0.6 is 15.9 Å². The lowest BCUT2D eigenvalue weighted by atomic mass is 9.88. The second-order valence-corrected chi connectivity index (χ2v) is 7.52. The highest BCUT2D eigenvalue weighted by Crippen LogP contribution is 2.32. The van der Waals surface area contributed by atoms with E-state index in [1.165, 1.54) is 23.9 Å². The van der Waals surface area contributed by atoms with E-state index in [0.717, 1.165) is 34.2 Å². The largest absolute Gasteiger partial charge is 0.282 e. The Hall–Kier alpha value is -2.34. The van der Waals surface area contributed by atoms with Gasteiger partial charge in [0.05, 0.1) is 17.1 Å². The molecule has 1 fully saturated rings. The zero-order valence-corrected chi connectivity index (χ0v) is 15.9. The molecule has 4 rings (SSSR count). The minimum atomic E-state index is -0.123. The van der Waals surface area contributed by atoms with Gasteiger partial charge in [-0.15, -0.1) is 0 Å². The van der Waals surface area contributed by atoms with Gasteiger partial charge in [0.1, 0.15) is 5.82 Å². The highest BCUT2D eigenvalue weighted by Gasteiger charge is 2.22. The van der Waals surface area contributed by atoms with Gasteiger partial charge in [-0.05, 0) is 48.7 Å². The first-order chi connectivity index (χ1) is 12.7. The van der Waals surface area contributed by atoms with E-state index in [0.29, 0.717) is 5.39 Å². The fraction of sp³-hybridized carbons (Fsp3) is 0.300. The third kappa shape index (κ3) is 3.46. The molecule has 1 aromatic carbocycles. The van der Waals surface area contributed by atoms with Gasteiger partial charge in [-0.25, -0.2) is 4.98 Å². The fourth-order valence-corrected chi connectivity index (χ4v) is 3.84. The molecule has 3 aromatic rings. The van der Waals surface area contributed by atoms with E-state index in [1.807, 2.05) is 30.3 Å². The van der Waals surface area contributed by atoms with Gasteiger partial charge >= 0.3 is 0 Å². The first kappa shape index (κ1) is 17.1. The fourth-order valence-electron chi connectivity index (χ4n) is 3.48. The first-order valence-electron chi connectivity index (χ1n) is 8.89. The SMILES string of the molecule is O=c1c2cc(Br)ccc2nc(C2CCCCC2)n1N=Cc1ccncc1. The maximum absolute atomic E-state index is 13.1. The number of pyridine rings is 1. The van der Waals surface area contributed by atoms with Crippen molar-refractivity contribution < 1.29 is 0 Å². The van der Waals surface area contributed by atoms with Crippen LogP contribution in [-0.2, 0) is 0 Å². The third-order valence-corrected chi connectivity index (χ3v) is 5.33. The lowest BCUT2D eigenvalue weighted by Gasteiger charge is -2.22. The summed E-state index contributed by atoms with van der Waals surface area (Å²) in [6.45, 7) is 0. The van der Waals surface area contributed by atoms with Crippen LogP contribution in [0, 0.1) is 0 Å². The van der Waals surface area contributed by atoms with E-state index in [-0.39, 0.29) is 11.5 Å². The normalized spacial score (nSPS) is 15.7. The maximum atomic E-state index is 13.1. The summed E-state index contributed by atoms with van der Waals surface area (Å²) in [6.07, 6.45) is 10.8. The van der Waals surface area contributed by atoms with Crippen molar-refractivity contribution in [2.24, 2.45) is 5.10 Å². The number of aromatic nitrogens is 3. The van der Waals surface area contributed by atoms with E-state index in [1.54, 1.807) is 18.6 Å². The number of benzene rings is 1. The highest BCUT2D eigenvalue weighted by atomic mass is 79.9. The van der Waals surface area contributed by atoms with Crippen LogP contribution in [0.2, 0.25) is 0 Å². The number of rotatable bonds is 3. The lowest BCUT2D eigenvalue weighted by Crippen LogP contribution is -2.25. The van der Waals surface area contributed by atoms with Gasteiger partial charge in [0.15, 0.2) is 0 Å². The number of nitrogens with zero attached hydrogens (tertiary/aromatic N) is 4. The second kappa shape index (κ2) is 7.50. The van der Waals surface area contributed by atoms with Crippen LogP contribution < -0.4 is 5.56 Å². The van der Waals surface area contributed by atoms with Gasteiger partial charge in [0, 0.05) is 22.8 Å². The quantitative estimate of drug-likeness (QED) is 0.597. The Morgan fingerprint density at radius 2 is 1.88 bits per heavy atom. The van der Waals surface area contributed by atoms with Crippen molar-refractivity contribution >= 4 is 33.0 Å². The van der Waals surface area contributed by atoms with Gasteiger partial charge in [0.2, 0.25) is 0 Å². The molecule has 5 nitrogen and oxygen atoms in total. The molecular formula is C20H19BrN4O. The number of hydrogen-bond acceptors (Lipinski definition) is 4. The van der Waals surface area contributed by atoms with Gasteiger partial charge in [-0.2, -0.15) is 9.78 Å². The average Bonchev–Trinajstić information content (AvgIpc) is 2.69. The second-order valence-electron chi connectivity index (χ2n) is 6.61. The molecule has 0 spiro atoms. The number of fused-ring (bicyclic) bond motifs is 1. The zero-order valence-electron chi connectivity index (χ0n) is 14.3. The van der Waals surface area contributed by atoms with Crippen molar-refractivity contribution in [1.82, 2.24) is 14.6 Å². The van der Waals surface area contributed by atoms with E-state index in [2.05, 4.69) is 26.0 Å². The van der Waals surface area contributed by atoms with Crippen LogP contribution in [0.3, 0.4) is 0 Å². The Balaban J connectivity index is 1.88. The maximum Gasteiger partial charge on any atom is 0.282 e. The van der Waals surface area contributed by atoms with Crippen molar-refractivity contribution in [2.75, 3.05) is 0 Å². The van der Waals surface area contributed by atoms with Crippen LogP contribution in [0.1, 0.15) is 49.4 Å². The summed E-state index contributed by atoms with van der Waals surface area (Å²) in [5, 5.41) is 5.08. The van der Waals surface area contributed by atoms with Crippen LogP contribution in [0.5, 0.6) is 0 Å². The van der Waals surface area contributed by atoms with E-state index < -0.39 is 0 Å². The Bertz CT molecular complexity index is 1010. The molecular weight excluding hydrogens is 392 g/mol. The van der Waals surface area contributed by atoms with Gasteiger partial charge in [0.25, 0.3) is 5.56 Å². The molecule has 0 aliphatic heterocycles. The minimum Gasteiger partial charge on any atom is -0.267 e. The van der Waals surface area contributed by atoms with Crippen LogP contribution in [0.15, 0.2) is 57.1 Å². The Morgan fingerprint density at radius 1 is 1.12 bits per heavy atom. The van der Waals surface area contributed by atoms with Crippen LogP contribution in [0.4, 0.5) is 0 Å². The molecule has 2 heterocycles. The number of halogens is 1. The molecule has 0 radical (unpaired) electrons. The molecule has 0 unspecified atom stereocenters. The molecule has 26 heavy (non-hydrogen) atoms. The molecule has 0 N–H and O–H groups in total. The molecule has 6 heteroatoms. The summed E-state index contributed by atoms with van der Waals surface area (Å²) >= 11 is 3.44. The van der Waals surface area contributed by atoms with Crippen LogP contribution in [0.25, 0.3) is 10.9 Å². The van der Waals surface area contributed by atoms with Crippen molar-refractivity contribution in [2.45, 2.75) is 38.0 Å². The Labute approximate surface area is 159 Å². The summed E-state index contributed by atoms with van der Waals surface area (Å²) in [6, 6.07) is 9.35. The Kier molecular flexibility index (Phi) is 4.93. The smallest absolute Gasteiger partial charge is 0.267 e. The van der Waals surface area contributed by atoms with E-state index >= 15 is 0 Å². The molecule has 0 amide bonds. The average molecular weight is 411 g/mol. The van der Waals surface area contributed by atoms with Crippen molar-refractivity contribution in [1.29, 1.82) is 0 Å². The standard InChI is InChI=1S/C20H19BrN4O/c21-16-6-7-18-17(12-16)20(26)25(23-13-14-8-10-22-11-9-14)19(24-18)15-4-2-1-3-5-15/h6-13,15H,1-5H2. The molecule has 0 saturated heterocycles. The third-order valence-electron chi connectivity index (χ3n) is 4.83. The predicted molar refractivity (Wildman–Crippen MR) is 107 cm³/mol.